The summed E-state index contributed by atoms with van der Waals surface area (Å²) in [4.78, 5) is 23.4. The Kier molecular flexibility index (Phi) is 24.8. The van der Waals surface area contributed by atoms with Crippen LogP contribution in [-0.4, -0.2) is 36.4 Å². The van der Waals surface area contributed by atoms with Crippen LogP contribution in [0.2, 0.25) is 0 Å². The van der Waals surface area contributed by atoms with Crippen molar-refractivity contribution in [2.24, 2.45) is 0 Å². The molecular formula is C29H52O5. The fraction of sp³-hybridized carbons (Fsp3) is 0.793. The van der Waals surface area contributed by atoms with Crippen LogP contribution in [0.25, 0.3) is 0 Å². The van der Waals surface area contributed by atoms with Gasteiger partial charge in [0.15, 0.2) is 6.10 Å². The molecule has 0 heterocycles. The maximum atomic E-state index is 11.9. The predicted molar refractivity (Wildman–Crippen MR) is 141 cm³/mol. The van der Waals surface area contributed by atoms with E-state index < -0.39 is 6.10 Å². The quantitative estimate of drug-likeness (QED) is 0.0874. The summed E-state index contributed by atoms with van der Waals surface area (Å²) in [6.45, 7) is 3.84. The molecule has 0 aromatic heterocycles. The van der Waals surface area contributed by atoms with Gasteiger partial charge in [-0.05, 0) is 44.9 Å². The Morgan fingerprint density at radius 1 is 0.676 bits per heavy atom. The Morgan fingerprint density at radius 3 is 1.79 bits per heavy atom. The number of rotatable bonds is 24. The fourth-order valence-corrected chi connectivity index (χ4v) is 3.56. The van der Waals surface area contributed by atoms with E-state index in [0.717, 1.165) is 44.9 Å². The first-order valence-electron chi connectivity index (χ1n) is 13.9. The topological polar surface area (TPSA) is 72.8 Å². The van der Waals surface area contributed by atoms with Gasteiger partial charge in [-0.25, -0.2) is 0 Å². The first-order valence-corrected chi connectivity index (χ1v) is 13.9. The van der Waals surface area contributed by atoms with Crippen LogP contribution >= 0.6 is 0 Å². The highest BCUT2D eigenvalue weighted by atomic mass is 16.6. The standard InChI is InChI=1S/C29H52O5/c1-3-5-7-8-9-10-11-12-13-14-15-16-17-18-19-20-21-22-24-29(32)34-27(25-30)26-33-28(31)23-6-4-2/h10-11,13-14,27,30H,3-9,12,15-26H2,1-2H3/b11-10-,14-13-. The van der Waals surface area contributed by atoms with Crippen molar-refractivity contribution in [2.75, 3.05) is 13.2 Å². The lowest BCUT2D eigenvalue weighted by atomic mass is 10.1. The number of ether oxygens (including phenoxy) is 2. The molecule has 0 aromatic rings. The molecule has 0 saturated carbocycles. The van der Waals surface area contributed by atoms with Crippen LogP contribution in [0, 0.1) is 0 Å². The van der Waals surface area contributed by atoms with Crippen LogP contribution in [0.1, 0.15) is 129 Å². The summed E-state index contributed by atoms with van der Waals surface area (Å²) >= 11 is 0. The monoisotopic (exact) mass is 480 g/mol. The molecule has 0 aromatic carbocycles. The van der Waals surface area contributed by atoms with Gasteiger partial charge in [0.25, 0.3) is 0 Å². The Hall–Kier alpha value is -1.62. The molecule has 5 nitrogen and oxygen atoms in total. The molecule has 0 radical (unpaired) electrons. The van der Waals surface area contributed by atoms with E-state index in [2.05, 4.69) is 31.2 Å². The summed E-state index contributed by atoms with van der Waals surface area (Å²) in [6, 6.07) is 0. The van der Waals surface area contributed by atoms with Gasteiger partial charge in [0.05, 0.1) is 6.61 Å². The maximum Gasteiger partial charge on any atom is 0.306 e. The van der Waals surface area contributed by atoms with E-state index in [1.54, 1.807) is 0 Å². The lowest BCUT2D eigenvalue weighted by Crippen LogP contribution is -2.28. The minimum atomic E-state index is -0.765. The van der Waals surface area contributed by atoms with Gasteiger partial charge in [0, 0.05) is 12.8 Å². The van der Waals surface area contributed by atoms with E-state index in [1.807, 2.05) is 6.92 Å². The summed E-state index contributed by atoms with van der Waals surface area (Å²) < 4.78 is 10.3. The molecule has 0 spiro atoms. The smallest absolute Gasteiger partial charge is 0.306 e. The van der Waals surface area contributed by atoms with Crippen LogP contribution < -0.4 is 0 Å². The largest absolute Gasteiger partial charge is 0.462 e. The van der Waals surface area contributed by atoms with Crippen molar-refractivity contribution in [1.29, 1.82) is 0 Å². The lowest BCUT2D eigenvalue weighted by Gasteiger charge is -2.15. The van der Waals surface area contributed by atoms with Crippen LogP contribution in [0.15, 0.2) is 24.3 Å². The zero-order valence-corrected chi connectivity index (χ0v) is 22.1. The summed E-state index contributed by atoms with van der Waals surface area (Å²) in [7, 11) is 0. The number of esters is 2. The van der Waals surface area contributed by atoms with Crippen molar-refractivity contribution < 1.29 is 24.2 Å². The number of carbonyl (C=O) groups excluding carboxylic acids is 2. The van der Waals surface area contributed by atoms with Crippen molar-refractivity contribution in [2.45, 2.75) is 136 Å². The Morgan fingerprint density at radius 2 is 1.21 bits per heavy atom. The molecule has 1 atom stereocenters. The highest BCUT2D eigenvalue weighted by Crippen LogP contribution is 2.11. The van der Waals surface area contributed by atoms with Crippen LogP contribution in [0.4, 0.5) is 0 Å². The summed E-state index contributed by atoms with van der Waals surface area (Å²) in [6.07, 6.45) is 27.5. The van der Waals surface area contributed by atoms with Crippen LogP contribution in [0.5, 0.6) is 0 Å². The molecule has 0 fully saturated rings. The van der Waals surface area contributed by atoms with E-state index in [9.17, 15) is 14.7 Å². The van der Waals surface area contributed by atoms with Crippen molar-refractivity contribution in [1.82, 2.24) is 0 Å². The van der Waals surface area contributed by atoms with Crippen molar-refractivity contribution >= 4 is 11.9 Å². The first kappa shape index (κ1) is 32.4. The fourth-order valence-electron chi connectivity index (χ4n) is 3.56. The first-order chi connectivity index (χ1) is 16.6. The van der Waals surface area contributed by atoms with Crippen molar-refractivity contribution in [3.05, 3.63) is 24.3 Å². The molecule has 34 heavy (non-hydrogen) atoms. The van der Waals surface area contributed by atoms with Gasteiger partial charge in [-0.1, -0.05) is 95.9 Å². The third kappa shape index (κ3) is 23.5. The van der Waals surface area contributed by atoms with E-state index in [0.29, 0.717) is 12.8 Å². The molecule has 0 amide bonds. The molecule has 1 N–H and O–H groups in total. The SMILES string of the molecule is CCCCCC/C=C\C/C=C\CCCCCCCCCC(=O)OC(CO)COC(=O)CCCC. The second-order valence-corrected chi connectivity index (χ2v) is 9.12. The zero-order valence-electron chi connectivity index (χ0n) is 22.1. The van der Waals surface area contributed by atoms with Gasteiger partial charge in [-0.2, -0.15) is 0 Å². The van der Waals surface area contributed by atoms with E-state index in [1.165, 1.54) is 57.8 Å². The number of carbonyl (C=O) groups is 2. The molecule has 0 aliphatic rings. The molecule has 0 aliphatic heterocycles. The number of aliphatic hydroxyl groups is 1. The average Bonchev–Trinajstić information content (AvgIpc) is 2.84. The molecule has 0 rings (SSSR count). The average molecular weight is 481 g/mol. The lowest BCUT2D eigenvalue weighted by molar-refractivity contribution is -0.161. The third-order valence-corrected chi connectivity index (χ3v) is 5.75. The Labute approximate surface area is 209 Å². The normalized spacial score (nSPS) is 12.4. The minimum absolute atomic E-state index is 0.0736. The van der Waals surface area contributed by atoms with Gasteiger partial charge in [0.1, 0.15) is 6.61 Å². The predicted octanol–water partition coefficient (Wildman–Crippen LogP) is 7.61. The maximum absolute atomic E-state index is 11.9. The number of allylic oxidation sites excluding steroid dienone is 4. The molecule has 0 saturated heterocycles. The number of hydrogen-bond donors (Lipinski definition) is 1. The number of aliphatic hydroxyl groups excluding tert-OH is 1. The Bertz CT molecular complexity index is 527. The van der Waals surface area contributed by atoms with Gasteiger partial charge >= 0.3 is 11.9 Å². The summed E-state index contributed by atoms with van der Waals surface area (Å²) in [5.41, 5.74) is 0. The minimum Gasteiger partial charge on any atom is -0.462 e. The highest BCUT2D eigenvalue weighted by Gasteiger charge is 2.15. The van der Waals surface area contributed by atoms with Gasteiger partial charge < -0.3 is 14.6 Å². The summed E-state index contributed by atoms with van der Waals surface area (Å²) in [5.74, 6) is -0.644. The highest BCUT2D eigenvalue weighted by molar-refractivity contribution is 5.70. The second-order valence-electron chi connectivity index (χ2n) is 9.12. The number of hydrogen-bond acceptors (Lipinski definition) is 5. The summed E-state index contributed by atoms with van der Waals surface area (Å²) in [5, 5.41) is 9.32. The van der Waals surface area contributed by atoms with Gasteiger partial charge in [-0.15, -0.1) is 0 Å². The molecule has 5 heteroatoms. The second kappa shape index (κ2) is 26.0. The molecule has 198 valence electrons. The van der Waals surface area contributed by atoms with E-state index >= 15 is 0 Å². The third-order valence-electron chi connectivity index (χ3n) is 5.75. The van der Waals surface area contributed by atoms with Crippen molar-refractivity contribution in [3.8, 4) is 0 Å². The number of unbranched alkanes of at least 4 members (excludes halogenated alkanes) is 12. The Balaban J connectivity index is 3.52. The van der Waals surface area contributed by atoms with Gasteiger partial charge in [-0.3, -0.25) is 9.59 Å². The van der Waals surface area contributed by atoms with E-state index in [-0.39, 0.29) is 25.2 Å². The molecule has 0 bridgehead atoms. The van der Waals surface area contributed by atoms with Crippen molar-refractivity contribution in [3.63, 3.8) is 0 Å². The van der Waals surface area contributed by atoms with Crippen LogP contribution in [0.3, 0.4) is 0 Å². The molecular weight excluding hydrogens is 428 g/mol. The van der Waals surface area contributed by atoms with Gasteiger partial charge in [0.2, 0.25) is 0 Å². The molecule has 0 aliphatic carbocycles. The van der Waals surface area contributed by atoms with E-state index in [4.69, 9.17) is 9.47 Å². The van der Waals surface area contributed by atoms with Crippen LogP contribution in [-0.2, 0) is 19.1 Å². The molecule has 1 unspecified atom stereocenters. The zero-order chi connectivity index (χ0) is 25.1.